The van der Waals surface area contributed by atoms with Gasteiger partial charge in [-0.15, -0.1) is 0 Å². The highest BCUT2D eigenvalue weighted by Gasteiger charge is 2.18. The van der Waals surface area contributed by atoms with Gasteiger partial charge in [0.2, 0.25) is 0 Å². The summed E-state index contributed by atoms with van der Waals surface area (Å²) in [6, 6.07) is 1.90. The fourth-order valence-electron chi connectivity index (χ4n) is 1.92. The molecular weight excluding hydrogens is 190 g/mol. The molecule has 15 heavy (non-hydrogen) atoms. The SMILES string of the molecule is CCCN1CCC(=C(C#N)C(N)=O)CC1. The number of piperidine rings is 1. The molecule has 0 unspecified atom stereocenters. The van der Waals surface area contributed by atoms with Crippen LogP contribution in [0.3, 0.4) is 0 Å². The maximum Gasteiger partial charge on any atom is 0.259 e. The first-order valence-electron chi connectivity index (χ1n) is 5.33. The normalized spacial score (nSPS) is 17.2. The fraction of sp³-hybridized carbons (Fsp3) is 0.636. The number of rotatable bonds is 3. The maximum atomic E-state index is 11.0. The first-order valence-corrected chi connectivity index (χ1v) is 5.33. The van der Waals surface area contributed by atoms with E-state index in [2.05, 4.69) is 11.8 Å². The zero-order valence-electron chi connectivity index (χ0n) is 9.12. The van der Waals surface area contributed by atoms with Gasteiger partial charge in [0.05, 0.1) is 0 Å². The Morgan fingerprint density at radius 3 is 2.53 bits per heavy atom. The van der Waals surface area contributed by atoms with Gasteiger partial charge in [-0.1, -0.05) is 6.92 Å². The molecule has 1 amide bonds. The number of hydrogen-bond acceptors (Lipinski definition) is 3. The Morgan fingerprint density at radius 2 is 2.13 bits per heavy atom. The van der Waals surface area contributed by atoms with E-state index in [1.165, 1.54) is 0 Å². The van der Waals surface area contributed by atoms with Crippen LogP contribution >= 0.6 is 0 Å². The molecule has 0 aromatic carbocycles. The van der Waals surface area contributed by atoms with Gasteiger partial charge in [-0.2, -0.15) is 5.26 Å². The Labute approximate surface area is 90.3 Å². The van der Waals surface area contributed by atoms with Gasteiger partial charge in [-0.25, -0.2) is 0 Å². The van der Waals surface area contributed by atoms with Gasteiger partial charge in [0.1, 0.15) is 11.6 Å². The number of amides is 1. The van der Waals surface area contributed by atoms with Crippen molar-refractivity contribution in [2.75, 3.05) is 19.6 Å². The molecule has 4 heteroatoms. The summed E-state index contributed by atoms with van der Waals surface area (Å²) in [7, 11) is 0. The van der Waals surface area contributed by atoms with E-state index in [1.807, 2.05) is 6.07 Å². The van der Waals surface area contributed by atoms with Gasteiger partial charge < -0.3 is 10.6 Å². The molecule has 2 N–H and O–H groups in total. The van der Waals surface area contributed by atoms with Gasteiger partial charge in [0, 0.05) is 13.1 Å². The van der Waals surface area contributed by atoms with Gasteiger partial charge >= 0.3 is 0 Å². The van der Waals surface area contributed by atoms with Crippen molar-refractivity contribution in [3.63, 3.8) is 0 Å². The summed E-state index contributed by atoms with van der Waals surface area (Å²) in [6.45, 7) is 5.10. The summed E-state index contributed by atoms with van der Waals surface area (Å²) in [4.78, 5) is 13.3. The molecule has 0 aliphatic carbocycles. The monoisotopic (exact) mass is 207 g/mol. The molecule has 1 fully saturated rings. The number of carbonyl (C=O) groups excluding carboxylic acids is 1. The zero-order valence-corrected chi connectivity index (χ0v) is 9.12. The minimum absolute atomic E-state index is 0.172. The molecule has 0 spiro atoms. The third-order valence-corrected chi connectivity index (χ3v) is 2.71. The number of primary amides is 1. The summed E-state index contributed by atoms with van der Waals surface area (Å²) in [5.41, 5.74) is 6.24. The number of likely N-dealkylation sites (tertiary alicyclic amines) is 1. The summed E-state index contributed by atoms with van der Waals surface area (Å²) in [5.74, 6) is -0.587. The van der Waals surface area contributed by atoms with Gasteiger partial charge in [-0.3, -0.25) is 4.79 Å². The largest absolute Gasteiger partial charge is 0.365 e. The van der Waals surface area contributed by atoms with Gasteiger partial charge in [0.25, 0.3) is 5.91 Å². The Hall–Kier alpha value is -1.34. The third-order valence-electron chi connectivity index (χ3n) is 2.71. The predicted molar refractivity (Wildman–Crippen MR) is 57.8 cm³/mol. The smallest absolute Gasteiger partial charge is 0.259 e. The molecule has 0 bridgehead atoms. The van der Waals surface area contributed by atoms with Crippen LogP contribution in [0.4, 0.5) is 0 Å². The van der Waals surface area contributed by atoms with Crippen molar-refractivity contribution in [3.8, 4) is 6.07 Å². The van der Waals surface area contributed by atoms with Crippen LogP contribution in [0.2, 0.25) is 0 Å². The minimum Gasteiger partial charge on any atom is -0.365 e. The maximum absolute atomic E-state index is 11.0. The molecule has 82 valence electrons. The molecule has 0 saturated carbocycles. The molecule has 0 aromatic rings. The average molecular weight is 207 g/mol. The average Bonchev–Trinajstić information content (AvgIpc) is 2.21. The van der Waals surface area contributed by atoms with Crippen LogP contribution in [0, 0.1) is 11.3 Å². The van der Waals surface area contributed by atoms with Crippen molar-refractivity contribution in [2.45, 2.75) is 26.2 Å². The molecule has 0 atom stereocenters. The number of nitrogens with two attached hydrogens (primary N) is 1. The molecule has 1 saturated heterocycles. The van der Waals surface area contributed by atoms with Crippen molar-refractivity contribution >= 4 is 5.91 Å². The number of nitriles is 1. The van der Waals surface area contributed by atoms with Crippen molar-refractivity contribution < 1.29 is 4.79 Å². The minimum atomic E-state index is -0.587. The van der Waals surface area contributed by atoms with E-state index >= 15 is 0 Å². The van der Waals surface area contributed by atoms with Crippen LogP contribution in [0.25, 0.3) is 0 Å². The Kier molecular flexibility index (Phi) is 4.32. The Balaban J connectivity index is 2.63. The van der Waals surface area contributed by atoms with E-state index < -0.39 is 5.91 Å². The molecule has 1 heterocycles. The highest BCUT2D eigenvalue weighted by molar-refractivity contribution is 5.96. The van der Waals surface area contributed by atoms with Crippen molar-refractivity contribution in [3.05, 3.63) is 11.1 Å². The molecule has 4 nitrogen and oxygen atoms in total. The standard InChI is InChI=1S/C11H17N3O/c1-2-5-14-6-3-9(4-7-14)10(8-12)11(13)15/h2-7H2,1H3,(H2,13,15). The van der Waals surface area contributed by atoms with Gasteiger partial charge in [0.15, 0.2) is 0 Å². The van der Waals surface area contributed by atoms with Gasteiger partial charge in [-0.05, 0) is 31.4 Å². The van der Waals surface area contributed by atoms with Crippen LogP contribution in [-0.2, 0) is 4.79 Å². The number of carbonyl (C=O) groups is 1. The topological polar surface area (TPSA) is 70.1 Å². The van der Waals surface area contributed by atoms with Crippen LogP contribution < -0.4 is 5.73 Å². The summed E-state index contributed by atoms with van der Waals surface area (Å²) < 4.78 is 0. The Bertz CT molecular complexity index is 304. The van der Waals surface area contributed by atoms with Crippen LogP contribution in [0.15, 0.2) is 11.1 Å². The third kappa shape index (κ3) is 3.07. The second-order valence-corrected chi connectivity index (χ2v) is 3.80. The number of nitrogens with zero attached hydrogens (tertiary/aromatic N) is 2. The van der Waals surface area contributed by atoms with Crippen molar-refractivity contribution in [2.24, 2.45) is 5.73 Å². The van der Waals surface area contributed by atoms with E-state index in [4.69, 9.17) is 11.0 Å². The van der Waals surface area contributed by atoms with Crippen molar-refractivity contribution in [1.29, 1.82) is 5.26 Å². The van der Waals surface area contributed by atoms with Crippen LogP contribution in [0.1, 0.15) is 26.2 Å². The molecule has 1 aliphatic heterocycles. The summed E-state index contributed by atoms with van der Waals surface area (Å²) >= 11 is 0. The number of hydrogen-bond donors (Lipinski definition) is 1. The van der Waals surface area contributed by atoms with Crippen LogP contribution in [0.5, 0.6) is 0 Å². The summed E-state index contributed by atoms with van der Waals surface area (Å²) in [6.07, 6.45) is 2.73. The van der Waals surface area contributed by atoms with E-state index in [9.17, 15) is 4.79 Å². The lowest BCUT2D eigenvalue weighted by atomic mass is 9.98. The second-order valence-electron chi connectivity index (χ2n) is 3.80. The molecule has 1 rings (SSSR count). The lowest BCUT2D eigenvalue weighted by molar-refractivity contribution is -0.114. The van der Waals surface area contributed by atoms with E-state index in [1.54, 1.807) is 0 Å². The van der Waals surface area contributed by atoms with E-state index in [0.29, 0.717) is 0 Å². The second kappa shape index (κ2) is 5.52. The predicted octanol–water partition coefficient (Wildman–Crippen LogP) is 0.798. The highest BCUT2D eigenvalue weighted by Crippen LogP contribution is 2.19. The molecular formula is C11H17N3O. The zero-order chi connectivity index (χ0) is 11.3. The Morgan fingerprint density at radius 1 is 1.53 bits per heavy atom. The molecule has 0 radical (unpaired) electrons. The summed E-state index contributed by atoms with van der Waals surface area (Å²) in [5, 5.41) is 8.80. The van der Waals surface area contributed by atoms with E-state index in [0.717, 1.165) is 44.5 Å². The quantitative estimate of drug-likeness (QED) is 0.549. The van der Waals surface area contributed by atoms with Crippen molar-refractivity contribution in [1.82, 2.24) is 4.90 Å². The lowest BCUT2D eigenvalue weighted by Gasteiger charge is -2.28. The molecule has 1 aliphatic rings. The highest BCUT2D eigenvalue weighted by atomic mass is 16.1. The molecule has 0 aromatic heterocycles. The first kappa shape index (κ1) is 11.7. The first-order chi connectivity index (χ1) is 7.19. The van der Waals surface area contributed by atoms with Crippen LogP contribution in [-0.4, -0.2) is 30.4 Å². The fourth-order valence-corrected chi connectivity index (χ4v) is 1.92. The lowest BCUT2D eigenvalue weighted by Crippen LogP contribution is -2.32. The van der Waals surface area contributed by atoms with E-state index in [-0.39, 0.29) is 5.57 Å².